The van der Waals surface area contributed by atoms with Crippen molar-refractivity contribution in [1.29, 1.82) is 5.26 Å². The second kappa shape index (κ2) is 5.38. The lowest BCUT2D eigenvalue weighted by atomic mass is 10.2. The third-order valence-corrected chi connectivity index (χ3v) is 2.22. The van der Waals surface area contributed by atoms with Gasteiger partial charge in [-0.05, 0) is 30.7 Å². The van der Waals surface area contributed by atoms with Gasteiger partial charge in [0.15, 0.2) is 0 Å². The Balaban J connectivity index is 2.76. The van der Waals surface area contributed by atoms with Crippen molar-refractivity contribution in [3.8, 4) is 6.07 Å². The second-order valence-electron chi connectivity index (χ2n) is 3.12. The Morgan fingerprint density at radius 1 is 1.67 bits per heavy atom. The van der Waals surface area contributed by atoms with Gasteiger partial charge in [0, 0.05) is 17.8 Å². The molecule has 0 heterocycles. The highest BCUT2D eigenvalue weighted by molar-refractivity contribution is 6.25. The molecule has 0 aliphatic rings. The Labute approximate surface area is 93.0 Å². The summed E-state index contributed by atoms with van der Waals surface area (Å²) in [5.74, 6) is -0.507. The predicted octanol–water partition coefficient (Wildman–Crippen LogP) is 3.25. The van der Waals surface area contributed by atoms with Gasteiger partial charge in [-0.25, -0.2) is 4.39 Å². The molecule has 1 rings (SSSR count). The Hall–Kier alpha value is -1.53. The number of nitriles is 1. The second-order valence-corrected chi connectivity index (χ2v) is 3.33. The summed E-state index contributed by atoms with van der Waals surface area (Å²) in [6.07, 6.45) is 0. The fraction of sp³-hybridized carbons (Fsp3) is 0.182. The number of rotatable bonds is 3. The van der Waals surface area contributed by atoms with Crippen LogP contribution in [0.5, 0.6) is 0 Å². The molecule has 0 spiro atoms. The van der Waals surface area contributed by atoms with Crippen molar-refractivity contribution in [3.63, 3.8) is 0 Å². The third kappa shape index (κ3) is 3.26. The molecule has 15 heavy (non-hydrogen) atoms. The Bertz CT molecular complexity index is 421. The molecule has 2 nitrogen and oxygen atoms in total. The van der Waals surface area contributed by atoms with Gasteiger partial charge in [0.05, 0.1) is 5.56 Å². The van der Waals surface area contributed by atoms with Crippen LogP contribution in [0.4, 0.5) is 10.1 Å². The van der Waals surface area contributed by atoms with Crippen LogP contribution in [0.15, 0.2) is 29.3 Å². The van der Waals surface area contributed by atoms with Crippen LogP contribution in [-0.4, -0.2) is 6.54 Å². The molecule has 0 saturated carbocycles. The third-order valence-electron chi connectivity index (χ3n) is 1.84. The summed E-state index contributed by atoms with van der Waals surface area (Å²) in [6.45, 7) is 2.44. The Kier molecular flexibility index (Phi) is 4.14. The minimum atomic E-state index is -0.507. The van der Waals surface area contributed by atoms with Gasteiger partial charge in [-0.2, -0.15) is 5.26 Å². The molecule has 0 amide bonds. The molecule has 0 aliphatic carbocycles. The molecule has 0 unspecified atom stereocenters. The first-order valence-corrected chi connectivity index (χ1v) is 4.80. The quantitative estimate of drug-likeness (QED) is 0.856. The van der Waals surface area contributed by atoms with Crippen LogP contribution in [0.3, 0.4) is 0 Å². The molecule has 0 fully saturated rings. The van der Waals surface area contributed by atoms with E-state index in [-0.39, 0.29) is 5.56 Å². The number of anilines is 1. The van der Waals surface area contributed by atoms with E-state index in [1.807, 2.05) is 6.92 Å². The molecule has 1 N–H and O–H groups in total. The van der Waals surface area contributed by atoms with Gasteiger partial charge < -0.3 is 5.32 Å². The zero-order valence-electron chi connectivity index (χ0n) is 8.22. The van der Waals surface area contributed by atoms with E-state index < -0.39 is 5.82 Å². The summed E-state index contributed by atoms with van der Waals surface area (Å²) >= 11 is 5.49. The zero-order chi connectivity index (χ0) is 11.3. The smallest absolute Gasteiger partial charge is 0.141 e. The van der Waals surface area contributed by atoms with E-state index in [0.29, 0.717) is 12.2 Å². The van der Waals surface area contributed by atoms with Crippen LogP contribution in [0, 0.1) is 17.1 Å². The molecule has 0 saturated heterocycles. The maximum Gasteiger partial charge on any atom is 0.141 e. The number of hydrogen-bond acceptors (Lipinski definition) is 2. The molecular formula is C11H10ClFN2. The molecule has 1 aromatic rings. The molecule has 1 aromatic carbocycles. The average molecular weight is 225 g/mol. The van der Waals surface area contributed by atoms with Crippen LogP contribution in [0.25, 0.3) is 0 Å². The fourth-order valence-corrected chi connectivity index (χ4v) is 1.08. The first-order valence-electron chi connectivity index (χ1n) is 4.36. The molecule has 0 aliphatic heterocycles. The van der Waals surface area contributed by atoms with Gasteiger partial charge in [0.1, 0.15) is 11.9 Å². The summed E-state index contributed by atoms with van der Waals surface area (Å²) in [6, 6.07) is 6.10. The minimum Gasteiger partial charge on any atom is -0.381 e. The largest absolute Gasteiger partial charge is 0.381 e. The lowest BCUT2D eigenvalue weighted by Crippen LogP contribution is -2.02. The van der Waals surface area contributed by atoms with E-state index in [1.165, 1.54) is 17.7 Å². The molecule has 0 radical (unpaired) electrons. The number of benzene rings is 1. The van der Waals surface area contributed by atoms with Crippen LogP contribution < -0.4 is 5.32 Å². The van der Waals surface area contributed by atoms with Crippen molar-refractivity contribution in [2.24, 2.45) is 0 Å². The molecule has 78 valence electrons. The SMILES string of the molecule is C/C(=C/Cl)CNc1ccc(F)c(C#N)c1. The molecule has 0 atom stereocenters. The standard InChI is InChI=1S/C11H10ClFN2/c1-8(5-12)7-15-10-2-3-11(13)9(4-10)6-14/h2-5,15H,7H2,1H3/b8-5-. The fourth-order valence-electron chi connectivity index (χ4n) is 1.00. The summed E-state index contributed by atoms with van der Waals surface area (Å²) in [4.78, 5) is 0. The number of nitrogens with zero attached hydrogens (tertiary/aromatic N) is 1. The van der Waals surface area contributed by atoms with Crippen molar-refractivity contribution >= 4 is 17.3 Å². The first kappa shape index (κ1) is 11.5. The Morgan fingerprint density at radius 2 is 2.40 bits per heavy atom. The molecule has 0 bridgehead atoms. The number of halogens is 2. The monoisotopic (exact) mass is 224 g/mol. The predicted molar refractivity (Wildman–Crippen MR) is 59.2 cm³/mol. The van der Waals surface area contributed by atoms with Crippen molar-refractivity contribution in [2.75, 3.05) is 11.9 Å². The van der Waals surface area contributed by atoms with Crippen LogP contribution in [0.2, 0.25) is 0 Å². The lowest BCUT2D eigenvalue weighted by Gasteiger charge is -2.06. The summed E-state index contributed by atoms with van der Waals surface area (Å²) in [5.41, 5.74) is 3.17. The van der Waals surface area contributed by atoms with E-state index in [0.717, 1.165) is 5.57 Å². The van der Waals surface area contributed by atoms with E-state index in [2.05, 4.69) is 5.32 Å². The lowest BCUT2D eigenvalue weighted by molar-refractivity contribution is 0.624. The van der Waals surface area contributed by atoms with Crippen LogP contribution in [-0.2, 0) is 0 Å². The van der Waals surface area contributed by atoms with Gasteiger partial charge in [0.2, 0.25) is 0 Å². The molecular weight excluding hydrogens is 215 g/mol. The van der Waals surface area contributed by atoms with Gasteiger partial charge >= 0.3 is 0 Å². The summed E-state index contributed by atoms with van der Waals surface area (Å²) in [7, 11) is 0. The van der Waals surface area contributed by atoms with Crippen molar-refractivity contribution in [3.05, 3.63) is 40.7 Å². The maximum absolute atomic E-state index is 13.0. The van der Waals surface area contributed by atoms with Gasteiger partial charge in [-0.1, -0.05) is 11.6 Å². The van der Waals surface area contributed by atoms with E-state index in [4.69, 9.17) is 16.9 Å². The summed E-state index contributed by atoms with van der Waals surface area (Å²) < 4.78 is 13.0. The molecule has 4 heteroatoms. The first-order chi connectivity index (χ1) is 7.17. The Morgan fingerprint density at radius 3 is 3.00 bits per heavy atom. The minimum absolute atomic E-state index is 0.0347. The van der Waals surface area contributed by atoms with Crippen molar-refractivity contribution in [1.82, 2.24) is 0 Å². The van der Waals surface area contributed by atoms with Crippen molar-refractivity contribution in [2.45, 2.75) is 6.92 Å². The van der Waals surface area contributed by atoms with Gasteiger partial charge in [0.25, 0.3) is 0 Å². The maximum atomic E-state index is 13.0. The van der Waals surface area contributed by atoms with Crippen LogP contribution >= 0.6 is 11.6 Å². The zero-order valence-corrected chi connectivity index (χ0v) is 8.98. The number of nitrogens with one attached hydrogen (secondary N) is 1. The molecule has 0 aromatic heterocycles. The summed E-state index contributed by atoms with van der Waals surface area (Å²) in [5, 5.41) is 11.6. The van der Waals surface area contributed by atoms with Crippen molar-refractivity contribution < 1.29 is 4.39 Å². The van der Waals surface area contributed by atoms with E-state index >= 15 is 0 Å². The van der Waals surface area contributed by atoms with E-state index in [1.54, 1.807) is 12.1 Å². The average Bonchev–Trinajstić information content (AvgIpc) is 2.27. The van der Waals surface area contributed by atoms with Gasteiger partial charge in [-0.15, -0.1) is 0 Å². The highest BCUT2D eigenvalue weighted by Crippen LogP contribution is 2.14. The number of hydrogen-bond donors (Lipinski definition) is 1. The topological polar surface area (TPSA) is 35.8 Å². The highest BCUT2D eigenvalue weighted by atomic mass is 35.5. The highest BCUT2D eigenvalue weighted by Gasteiger charge is 2.01. The van der Waals surface area contributed by atoms with Crippen LogP contribution in [0.1, 0.15) is 12.5 Å². The normalized spacial score (nSPS) is 10.9. The van der Waals surface area contributed by atoms with Gasteiger partial charge in [-0.3, -0.25) is 0 Å². The van der Waals surface area contributed by atoms with E-state index in [9.17, 15) is 4.39 Å².